The number of methoxy groups -OCH3 is 3. The molecule has 29 heavy (non-hydrogen) atoms. The van der Waals surface area contributed by atoms with Gasteiger partial charge in [-0.25, -0.2) is 4.79 Å². The molecule has 1 aliphatic rings. The van der Waals surface area contributed by atoms with Gasteiger partial charge in [0.05, 0.1) is 32.4 Å². The molecule has 0 fully saturated rings. The van der Waals surface area contributed by atoms with Gasteiger partial charge < -0.3 is 18.9 Å². The summed E-state index contributed by atoms with van der Waals surface area (Å²) < 4.78 is 21.8. The SMILES string of the molecule is COc1cc(C(=O)OCC2(N(C)C)CCCc3ncccc32)cc(OC)c1OC. The Balaban J connectivity index is 1.88. The zero-order valence-corrected chi connectivity index (χ0v) is 17.7. The van der Waals surface area contributed by atoms with E-state index in [0.29, 0.717) is 22.8 Å². The van der Waals surface area contributed by atoms with Crippen molar-refractivity contribution in [3.05, 3.63) is 47.3 Å². The van der Waals surface area contributed by atoms with E-state index in [9.17, 15) is 4.79 Å². The summed E-state index contributed by atoms with van der Waals surface area (Å²) in [7, 11) is 8.57. The van der Waals surface area contributed by atoms with Gasteiger partial charge in [0.1, 0.15) is 6.61 Å². The van der Waals surface area contributed by atoms with Crippen LogP contribution < -0.4 is 14.2 Å². The average Bonchev–Trinajstić information content (AvgIpc) is 2.75. The topological polar surface area (TPSA) is 70.1 Å². The highest BCUT2D eigenvalue weighted by molar-refractivity contribution is 5.91. The van der Waals surface area contributed by atoms with Crippen molar-refractivity contribution in [1.82, 2.24) is 9.88 Å². The molecule has 156 valence electrons. The monoisotopic (exact) mass is 400 g/mol. The third-order valence-electron chi connectivity index (χ3n) is 5.59. The van der Waals surface area contributed by atoms with E-state index in [0.717, 1.165) is 30.5 Å². The molecule has 0 bridgehead atoms. The molecule has 3 rings (SSSR count). The Morgan fingerprint density at radius 2 is 1.83 bits per heavy atom. The molecule has 0 amide bonds. The van der Waals surface area contributed by atoms with Crippen molar-refractivity contribution in [1.29, 1.82) is 0 Å². The molecule has 7 nitrogen and oxygen atoms in total. The van der Waals surface area contributed by atoms with Crippen molar-refractivity contribution in [2.75, 3.05) is 42.0 Å². The van der Waals surface area contributed by atoms with Gasteiger partial charge in [-0.3, -0.25) is 9.88 Å². The Bertz CT molecular complexity index is 858. The number of benzene rings is 1. The van der Waals surface area contributed by atoms with Crippen LogP contribution in [0.3, 0.4) is 0 Å². The molecule has 1 aromatic carbocycles. The van der Waals surface area contributed by atoms with E-state index in [1.54, 1.807) is 12.1 Å². The van der Waals surface area contributed by atoms with Gasteiger partial charge >= 0.3 is 5.97 Å². The summed E-state index contributed by atoms with van der Waals surface area (Å²) in [5.74, 6) is 0.812. The zero-order chi connectivity index (χ0) is 21.0. The van der Waals surface area contributed by atoms with Crippen LogP contribution in [0.1, 0.15) is 34.5 Å². The molecule has 0 radical (unpaired) electrons. The standard InChI is InChI=1S/C22H28N2O5/c1-24(2)22(10-6-9-17-16(22)8-7-11-23-17)14-29-21(25)15-12-18(26-3)20(28-5)19(13-15)27-4/h7-8,11-13H,6,9-10,14H2,1-5H3. The fourth-order valence-electron chi connectivity index (χ4n) is 3.95. The lowest BCUT2D eigenvalue weighted by atomic mass is 9.78. The van der Waals surface area contributed by atoms with Gasteiger partial charge in [-0.2, -0.15) is 0 Å². The highest BCUT2D eigenvalue weighted by atomic mass is 16.5. The Hall–Kier alpha value is -2.80. The van der Waals surface area contributed by atoms with Crippen LogP contribution in [0.25, 0.3) is 0 Å². The number of carbonyl (C=O) groups is 1. The Kier molecular flexibility index (Phi) is 6.27. The van der Waals surface area contributed by atoms with Crippen molar-refractivity contribution >= 4 is 5.97 Å². The van der Waals surface area contributed by atoms with Gasteiger partial charge in [0.25, 0.3) is 0 Å². The van der Waals surface area contributed by atoms with Crippen LogP contribution in [0.2, 0.25) is 0 Å². The lowest BCUT2D eigenvalue weighted by Gasteiger charge is -2.43. The highest BCUT2D eigenvalue weighted by Crippen LogP contribution is 2.40. The van der Waals surface area contributed by atoms with Gasteiger partial charge in [-0.15, -0.1) is 0 Å². The number of ether oxygens (including phenoxy) is 4. The first-order valence-corrected chi connectivity index (χ1v) is 9.55. The van der Waals surface area contributed by atoms with E-state index in [-0.39, 0.29) is 6.61 Å². The van der Waals surface area contributed by atoms with Crippen LogP contribution in [0.4, 0.5) is 0 Å². The number of aromatic nitrogens is 1. The maximum Gasteiger partial charge on any atom is 0.338 e. The summed E-state index contributed by atoms with van der Waals surface area (Å²) in [6.07, 6.45) is 4.63. The number of hydrogen-bond acceptors (Lipinski definition) is 7. The van der Waals surface area contributed by atoms with Gasteiger partial charge in [-0.1, -0.05) is 6.07 Å². The lowest BCUT2D eigenvalue weighted by molar-refractivity contribution is 0.00657. The minimum absolute atomic E-state index is 0.230. The van der Waals surface area contributed by atoms with E-state index in [4.69, 9.17) is 18.9 Å². The van der Waals surface area contributed by atoms with E-state index >= 15 is 0 Å². The van der Waals surface area contributed by atoms with Gasteiger partial charge in [0.2, 0.25) is 5.75 Å². The molecule has 0 saturated carbocycles. The van der Waals surface area contributed by atoms with Crippen LogP contribution >= 0.6 is 0 Å². The molecule has 0 N–H and O–H groups in total. The minimum Gasteiger partial charge on any atom is -0.493 e. The molecule has 1 unspecified atom stereocenters. The first-order valence-electron chi connectivity index (χ1n) is 9.55. The number of pyridine rings is 1. The summed E-state index contributed by atoms with van der Waals surface area (Å²) >= 11 is 0. The van der Waals surface area contributed by atoms with E-state index in [1.165, 1.54) is 21.3 Å². The van der Waals surface area contributed by atoms with Crippen molar-refractivity contribution in [2.24, 2.45) is 0 Å². The van der Waals surface area contributed by atoms with Crippen molar-refractivity contribution in [3.8, 4) is 17.2 Å². The molecule has 0 spiro atoms. The maximum absolute atomic E-state index is 12.9. The normalized spacial score (nSPS) is 18.1. The molecule has 0 aliphatic heterocycles. The maximum atomic E-state index is 12.9. The van der Waals surface area contributed by atoms with Crippen molar-refractivity contribution in [2.45, 2.75) is 24.8 Å². The molecule has 1 aliphatic carbocycles. The predicted octanol–water partition coefficient (Wildman–Crippen LogP) is 3.06. The van der Waals surface area contributed by atoms with Crippen molar-refractivity contribution < 1.29 is 23.7 Å². The van der Waals surface area contributed by atoms with Crippen LogP contribution in [-0.2, 0) is 16.7 Å². The summed E-state index contributed by atoms with van der Waals surface area (Å²) in [6, 6.07) is 7.21. The quantitative estimate of drug-likeness (QED) is 0.662. The second-order valence-electron chi connectivity index (χ2n) is 7.27. The zero-order valence-electron chi connectivity index (χ0n) is 17.7. The predicted molar refractivity (Wildman–Crippen MR) is 109 cm³/mol. The third kappa shape index (κ3) is 3.87. The number of carbonyl (C=O) groups excluding carboxylic acids is 1. The number of likely N-dealkylation sites (N-methyl/N-ethyl adjacent to an activating group) is 1. The van der Waals surface area contributed by atoms with Crippen LogP contribution in [0.5, 0.6) is 17.2 Å². The largest absolute Gasteiger partial charge is 0.493 e. The van der Waals surface area contributed by atoms with E-state index < -0.39 is 11.5 Å². The number of nitrogens with zero attached hydrogens (tertiary/aromatic N) is 2. The Labute approximate surface area is 171 Å². The van der Waals surface area contributed by atoms with Crippen LogP contribution in [0, 0.1) is 0 Å². The van der Waals surface area contributed by atoms with Crippen molar-refractivity contribution in [3.63, 3.8) is 0 Å². The number of rotatable bonds is 7. The molecule has 1 atom stereocenters. The average molecular weight is 400 g/mol. The number of fused-ring (bicyclic) bond motifs is 1. The smallest absolute Gasteiger partial charge is 0.338 e. The van der Waals surface area contributed by atoms with Gasteiger partial charge in [-0.05, 0) is 57.1 Å². The molecular formula is C22H28N2O5. The lowest BCUT2D eigenvalue weighted by Crippen LogP contribution is -2.48. The molecule has 7 heteroatoms. The van der Waals surface area contributed by atoms with Crippen LogP contribution in [0.15, 0.2) is 30.5 Å². The summed E-state index contributed by atoms with van der Waals surface area (Å²) in [4.78, 5) is 19.5. The van der Waals surface area contributed by atoms with Crippen LogP contribution in [-0.4, -0.2) is 57.9 Å². The van der Waals surface area contributed by atoms with Gasteiger partial charge in [0.15, 0.2) is 11.5 Å². The summed E-state index contributed by atoms with van der Waals surface area (Å²) in [5.41, 5.74) is 2.12. The van der Waals surface area contributed by atoms with E-state index in [2.05, 4.69) is 16.0 Å². The first-order chi connectivity index (χ1) is 14.0. The summed E-state index contributed by atoms with van der Waals surface area (Å²) in [6.45, 7) is 0.230. The Morgan fingerprint density at radius 1 is 1.14 bits per heavy atom. The third-order valence-corrected chi connectivity index (χ3v) is 5.59. The minimum atomic E-state index is -0.443. The molecule has 2 aromatic rings. The molecule has 1 aromatic heterocycles. The second-order valence-corrected chi connectivity index (χ2v) is 7.27. The fraction of sp³-hybridized carbons (Fsp3) is 0.455. The number of esters is 1. The Morgan fingerprint density at radius 3 is 2.41 bits per heavy atom. The molecule has 1 heterocycles. The number of aryl methyl sites for hydroxylation is 1. The fourth-order valence-corrected chi connectivity index (χ4v) is 3.95. The highest BCUT2D eigenvalue weighted by Gasteiger charge is 2.40. The molecule has 0 saturated heterocycles. The van der Waals surface area contributed by atoms with Gasteiger partial charge in [0, 0.05) is 11.9 Å². The number of hydrogen-bond donors (Lipinski definition) is 0. The second kappa shape index (κ2) is 8.69. The molecular weight excluding hydrogens is 372 g/mol. The summed E-state index contributed by atoms with van der Waals surface area (Å²) in [5, 5.41) is 0. The van der Waals surface area contributed by atoms with E-state index in [1.807, 2.05) is 26.4 Å². The first kappa shape index (κ1) is 20.9.